The summed E-state index contributed by atoms with van der Waals surface area (Å²) in [4.78, 5) is 12.5. The normalized spacial score (nSPS) is 15.2. The molecule has 6 nitrogen and oxygen atoms in total. The van der Waals surface area contributed by atoms with Crippen molar-refractivity contribution in [1.82, 2.24) is 9.78 Å². The Labute approximate surface area is 165 Å². The molecule has 1 aliphatic rings. The summed E-state index contributed by atoms with van der Waals surface area (Å²) in [7, 11) is -3.68. The van der Waals surface area contributed by atoms with Crippen molar-refractivity contribution in [2.24, 2.45) is 0 Å². The molecular formula is C19H17BrN2O4S. The van der Waals surface area contributed by atoms with Gasteiger partial charge in [-0.25, -0.2) is 17.9 Å². The number of benzene rings is 1. The van der Waals surface area contributed by atoms with Gasteiger partial charge in [0.15, 0.2) is 15.5 Å². The summed E-state index contributed by atoms with van der Waals surface area (Å²) in [5.74, 6) is -1.03. The van der Waals surface area contributed by atoms with Crippen LogP contribution >= 0.6 is 15.9 Å². The van der Waals surface area contributed by atoms with E-state index in [1.54, 1.807) is 11.6 Å². The van der Waals surface area contributed by atoms with Gasteiger partial charge >= 0.3 is 5.97 Å². The number of halogens is 1. The molecule has 8 heteroatoms. The van der Waals surface area contributed by atoms with Crippen LogP contribution in [0.2, 0.25) is 0 Å². The summed E-state index contributed by atoms with van der Waals surface area (Å²) >= 11 is 3.48. The van der Waals surface area contributed by atoms with Gasteiger partial charge in [0.1, 0.15) is 0 Å². The minimum Gasteiger partial charge on any atom is -0.461 e. The van der Waals surface area contributed by atoms with Gasteiger partial charge in [0.05, 0.1) is 28.6 Å². The molecule has 1 aromatic heterocycles. The summed E-state index contributed by atoms with van der Waals surface area (Å²) < 4.78 is 32.8. The average molecular weight is 449 g/mol. The number of carbonyl (C=O) groups excluding carboxylic acids is 1. The number of para-hydroxylation sites is 1. The predicted molar refractivity (Wildman–Crippen MR) is 107 cm³/mol. The van der Waals surface area contributed by atoms with Crippen LogP contribution < -0.4 is 0 Å². The first kappa shape index (κ1) is 19.3. The Hall–Kier alpha value is -2.45. The van der Waals surface area contributed by atoms with E-state index in [4.69, 9.17) is 4.74 Å². The molecular weight excluding hydrogens is 432 g/mol. The molecule has 0 saturated carbocycles. The third-order valence-electron chi connectivity index (χ3n) is 4.11. The number of aromatic nitrogens is 2. The lowest BCUT2D eigenvalue weighted by Crippen LogP contribution is -2.18. The predicted octanol–water partition coefficient (Wildman–Crippen LogP) is 3.82. The molecule has 0 bridgehead atoms. The number of rotatable bonds is 5. The fourth-order valence-corrected chi connectivity index (χ4v) is 5.04. The van der Waals surface area contributed by atoms with Gasteiger partial charge in [-0.1, -0.05) is 37.4 Å². The Morgan fingerprint density at radius 3 is 2.63 bits per heavy atom. The highest BCUT2D eigenvalue weighted by atomic mass is 79.9. The van der Waals surface area contributed by atoms with Crippen molar-refractivity contribution in [2.75, 3.05) is 6.61 Å². The molecule has 0 spiro atoms. The van der Waals surface area contributed by atoms with Gasteiger partial charge in [0.2, 0.25) is 0 Å². The van der Waals surface area contributed by atoms with Crippen LogP contribution in [0.4, 0.5) is 0 Å². The topological polar surface area (TPSA) is 78.3 Å². The first-order chi connectivity index (χ1) is 12.9. The van der Waals surface area contributed by atoms with Crippen molar-refractivity contribution in [1.29, 1.82) is 0 Å². The lowest BCUT2D eigenvalue weighted by atomic mass is 10.1. The van der Waals surface area contributed by atoms with Crippen molar-refractivity contribution in [3.05, 3.63) is 75.9 Å². The highest BCUT2D eigenvalue weighted by Crippen LogP contribution is 2.39. The Balaban J connectivity index is 2.43. The number of carbonyl (C=O) groups is 1. The molecule has 0 amide bonds. The number of nitrogens with zero attached hydrogens (tertiary/aromatic N) is 2. The number of sulfone groups is 1. The summed E-state index contributed by atoms with van der Waals surface area (Å²) in [6.07, 6.45) is 2.73. The molecule has 27 heavy (non-hydrogen) atoms. The largest absolute Gasteiger partial charge is 0.461 e. The van der Waals surface area contributed by atoms with Crippen molar-refractivity contribution in [2.45, 2.75) is 12.7 Å². The number of fused-ring (bicyclic) bond motifs is 1. The van der Waals surface area contributed by atoms with Gasteiger partial charge in [-0.05, 0) is 35.0 Å². The number of hydrogen-bond acceptors (Lipinski definition) is 5. The zero-order valence-electron chi connectivity index (χ0n) is 14.6. The van der Waals surface area contributed by atoms with Crippen LogP contribution in [0.1, 0.15) is 28.7 Å². The molecule has 0 N–H and O–H groups in total. The van der Waals surface area contributed by atoms with E-state index in [0.717, 1.165) is 4.47 Å². The van der Waals surface area contributed by atoms with Gasteiger partial charge in [0, 0.05) is 15.6 Å². The fourth-order valence-electron chi connectivity index (χ4n) is 3.01. The quantitative estimate of drug-likeness (QED) is 0.649. The highest BCUT2D eigenvalue weighted by molar-refractivity contribution is 9.10. The van der Waals surface area contributed by atoms with Gasteiger partial charge in [-0.2, -0.15) is 5.10 Å². The van der Waals surface area contributed by atoms with E-state index in [2.05, 4.69) is 34.2 Å². The van der Waals surface area contributed by atoms with Gasteiger partial charge in [0.25, 0.3) is 0 Å². The second-order valence-corrected chi connectivity index (χ2v) is 8.52. The standard InChI is InChI=1S/C19H17BrN2O4S/c1-4-12-16(5-2)27(24,25)11-13-17(19(23)26-6-3)21-22(18(12)13)15-10-8-7-9-14(15)20/h4-5,7-10H,1-2,6,11H2,3H3. The van der Waals surface area contributed by atoms with E-state index in [1.807, 2.05) is 24.3 Å². The maximum absolute atomic E-state index is 12.7. The molecule has 1 aromatic carbocycles. The molecule has 1 aliphatic heterocycles. The second-order valence-electron chi connectivity index (χ2n) is 5.70. The Morgan fingerprint density at radius 2 is 2.04 bits per heavy atom. The fraction of sp³-hybridized carbons (Fsp3) is 0.158. The molecule has 140 valence electrons. The van der Waals surface area contributed by atoms with Crippen molar-refractivity contribution in [3.8, 4) is 5.69 Å². The minimum atomic E-state index is -3.68. The van der Waals surface area contributed by atoms with E-state index in [1.165, 1.54) is 12.2 Å². The van der Waals surface area contributed by atoms with E-state index < -0.39 is 15.8 Å². The van der Waals surface area contributed by atoms with Crippen LogP contribution in [0.15, 0.2) is 59.0 Å². The van der Waals surface area contributed by atoms with Crippen LogP contribution in [0.5, 0.6) is 0 Å². The average Bonchev–Trinajstić information content (AvgIpc) is 2.98. The number of hydrogen-bond donors (Lipinski definition) is 0. The summed E-state index contributed by atoms with van der Waals surface area (Å²) in [6.45, 7) is 9.22. The third kappa shape index (κ3) is 3.19. The van der Waals surface area contributed by atoms with Gasteiger partial charge in [-0.15, -0.1) is 0 Å². The van der Waals surface area contributed by atoms with E-state index in [-0.39, 0.29) is 23.0 Å². The summed E-state index contributed by atoms with van der Waals surface area (Å²) in [6, 6.07) is 7.31. The number of ether oxygens (including phenoxy) is 1. The van der Waals surface area contributed by atoms with Crippen molar-refractivity contribution >= 4 is 37.3 Å². The first-order valence-electron chi connectivity index (χ1n) is 8.11. The van der Waals surface area contributed by atoms with E-state index in [9.17, 15) is 13.2 Å². The molecule has 0 saturated heterocycles. The summed E-state index contributed by atoms with van der Waals surface area (Å²) in [5, 5.41) is 4.41. The van der Waals surface area contributed by atoms with Crippen molar-refractivity contribution in [3.63, 3.8) is 0 Å². The molecule has 0 atom stereocenters. The zero-order valence-corrected chi connectivity index (χ0v) is 17.0. The molecule has 2 aromatic rings. The number of allylic oxidation sites excluding steroid dienone is 3. The number of esters is 1. The Bertz CT molecular complexity index is 1100. The van der Waals surface area contributed by atoms with Crippen LogP contribution in [0.3, 0.4) is 0 Å². The first-order valence-corrected chi connectivity index (χ1v) is 10.6. The molecule has 0 unspecified atom stereocenters. The second kappa shape index (κ2) is 7.28. The van der Waals surface area contributed by atoms with Crippen LogP contribution in [0.25, 0.3) is 11.3 Å². The van der Waals surface area contributed by atoms with Crippen LogP contribution in [0, 0.1) is 0 Å². The third-order valence-corrected chi connectivity index (χ3v) is 6.51. The lowest BCUT2D eigenvalue weighted by molar-refractivity contribution is 0.0518. The van der Waals surface area contributed by atoms with E-state index >= 15 is 0 Å². The molecule has 0 radical (unpaired) electrons. The minimum absolute atomic E-state index is 0.0198. The Morgan fingerprint density at radius 1 is 1.33 bits per heavy atom. The maximum Gasteiger partial charge on any atom is 0.359 e. The zero-order chi connectivity index (χ0) is 19.8. The lowest BCUT2D eigenvalue weighted by Gasteiger charge is -2.19. The van der Waals surface area contributed by atoms with Crippen molar-refractivity contribution < 1.29 is 17.9 Å². The smallest absolute Gasteiger partial charge is 0.359 e. The molecule has 0 aliphatic carbocycles. The van der Waals surface area contributed by atoms with Gasteiger partial charge < -0.3 is 4.74 Å². The van der Waals surface area contributed by atoms with Crippen LogP contribution in [-0.2, 0) is 20.3 Å². The Kier molecular flexibility index (Phi) is 5.21. The molecule has 2 heterocycles. The summed E-state index contributed by atoms with van der Waals surface area (Å²) in [5.41, 5.74) is 1.78. The van der Waals surface area contributed by atoms with Crippen LogP contribution in [-0.4, -0.2) is 30.8 Å². The molecule has 0 fully saturated rings. The SMILES string of the molecule is C=CC1=C(C=C)S(=O)(=O)Cc2c(C(=O)OCC)nn(-c3ccccc3Br)c21. The van der Waals surface area contributed by atoms with E-state index in [0.29, 0.717) is 22.5 Å². The van der Waals surface area contributed by atoms with Gasteiger partial charge in [-0.3, -0.25) is 0 Å². The maximum atomic E-state index is 12.7. The monoisotopic (exact) mass is 448 g/mol. The highest BCUT2D eigenvalue weighted by Gasteiger charge is 2.36. The molecule has 3 rings (SSSR count).